The molecule has 0 radical (unpaired) electrons. The van der Waals surface area contributed by atoms with Crippen molar-refractivity contribution in [2.24, 2.45) is 0 Å². The summed E-state index contributed by atoms with van der Waals surface area (Å²) in [4.78, 5) is 19.2. The maximum Gasteiger partial charge on any atom is 2.00 e. The van der Waals surface area contributed by atoms with Gasteiger partial charge in [0, 0.05) is 12.8 Å². The summed E-state index contributed by atoms with van der Waals surface area (Å²) in [6, 6.07) is 2.52. The van der Waals surface area contributed by atoms with Gasteiger partial charge in [-0.15, -0.1) is 0 Å². The Morgan fingerprint density at radius 1 is 0.778 bits per heavy atom. The van der Waals surface area contributed by atoms with Crippen molar-refractivity contribution in [2.45, 2.75) is 90.9 Å². The second kappa shape index (κ2) is 16.3. The summed E-state index contributed by atoms with van der Waals surface area (Å²) in [5.74, 6) is -1.42. The Bertz CT molecular complexity index is 508. The summed E-state index contributed by atoms with van der Waals surface area (Å²) in [7, 11) is 0. The minimum atomic E-state index is -0.711. The van der Waals surface area contributed by atoms with E-state index < -0.39 is 11.9 Å². The van der Waals surface area contributed by atoms with Crippen LogP contribution < -0.4 is 12.4 Å². The zero-order chi connectivity index (χ0) is 18.7. The topological polar surface area (TPSA) is 74.6 Å². The van der Waals surface area contributed by atoms with Crippen LogP contribution in [-0.2, 0) is 57.0 Å². The molecule has 0 saturated carbocycles. The largest absolute Gasteiger partial charge is 2.00 e. The molecule has 6 heteroatoms. The first-order chi connectivity index (χ1) is 12.0. The molecule has 3 rings (SSSR count). The molecule has 0 unspecified atom stereocenters. The number of carboxylic acids is 2. The summed E-state index contributed by atoms with van der Waals surface area (Å²) < 4.78 is 0. The number of hydrogen-bond acceptors (Lipinski definition) is 2. The van der Waals surface area contributed by atoms with E-state index in [4.69, 9.17) is 10.2 Å². The van der Waals surface area contributed by atoms with Crippen LogP contribution in [0.15, 0.2) is 6.07 Å². The van der Waals surface area contributed by atoms with Crippen molar-refractivity contribution in [3.8, 4) is 0 Å². The number of halogens is 1. The minimum absolute atomic E-state index is 0. The van der Waals surface area contributed by atoms with Crippen LogP contribution in [-0.4, -0.2) is 22.2 Å². The molecule has 0 atom stereocenters. The van der Waals surface area contributed by atoms with Crippen molar-refractivity contribution in [1.29, 1.82) is 0 Å². The summed E-state index contributed by atoms with van der Waals surface area (Å²) in [6.45, 7) is 3.68. The molecule has 0 saturated heterocycles. The van der Waals surface area contributed by atoms with Crippen LogP contribution in [0.3, 0.4) is 0 Å². The van der Waals surface area contributed by atoms with E-state index in [1.807, 2.05) is 13.8 Å². The third-order valence-electron chi connectivity index (χ3n) is 4.66. The molecule has 0 spiro atoms. The van der Waals surface area contributed by atoms with Gasteiger partial charge in [-0.05, 0) is 12.8 Å². The normalized spacial score (nSPS) is 13.7. The van der Waals surface area contributed by atoms with Crippen molar-refractivity contribution in [1.82, 2.24) is 0 Å². The average Bonchev–Trinajstić information content (AvgIpc) is 2.94. The van der Waals surface area contributed by atoms with Gasteiger partial charge in [0.2, 0.25) is 0 Å². The fraction of sp³-hybridized carbons (Fsp3) is 0.667. The van der Waals surface area contributed by atoms with E-state index in [1.54, 1.807) is 22.3 Å². The van der Waals surface area contributed by atoms with Crippen molar-refractivity contribution >= 4 is 11.9 Å². The molecule has 0 bridgehead atoms. The van der Waals surface area contributed by atoms with Crippen molar-refractivity contribution in [2.75, 3.05) is 0 Å². The minimum Gasteiger partial charge on any atom is -1.00 e. The molecule has 0 aliphatic heterocycles. The molecule has 2 N–H and O–H groups in total. The van der Waals surface area contributed by atoms with Crippen LogP contribution in [0.4, 0.5) is 0 Å². The zero-order valence-corrected chi connectivity index (χ0v) is 19.0. The Morgan fingerprint density at radius 3 is 1.37 bits per heavy atom. The predicted molar refractivity (Wildman–Crippen MR) is 100 cm³/mol. The number of aliphatic carboxylic acids is 2. The van der Waals surface area contributed by atoms with Gasteiger partial charge >= 0.3 is 33.7 Å². The summed E-state index contributed by atoms with van der Waals surface area (Å²) in [6.07, 6.45) is 13.3. The Balaban J connectivity index is 0. The quantitative estimate of drug-likeness (QED) is 0.563. The molecule has 0 fully saturated rings. The van der Waals surface area contributed by atoms with Crippen LogP contribution in [0.1, 0.15) is 87.5 Å². The molecule has 27 heavy (non-hydrogen) atoms. The Morgan fingerprint density at radius 2 is 1.11 bits per heavy atom. The summed E-state index contributed by atoms with van der Waals surface area (Å²) >= 11 is 0. The molecule has 0 aromatic heterocycles. The standard InChI is InChI=1S/C13H17.2C4H8O2.ClH.Ti/c1-3-7-12-10(5-1)9-11-6-2-4-8-13(11)12;2*1-2-3-4(5)6;;/h9H,1-8H2;2*2-3H2,1H3,(H,5,6);1H;/q-1;;;;+2/p-1. The van der Waals surface area contributed by atoms with Gasteiger partial charge in [0.1, 0.15) is 0 Å². The SMILES string of the molecule is CCCC(=O)O.CCCC(=O)O.[Cl-].[Ti+2].[cH-]1c2c(c3c1CCCC3)CCCC2. The van der Waals surface area contributed by atoms with Crippen LogP contribution in [0.5, 0.6) is 0 Å². The number of hydrogen-bond donors (Lipinski definition) is 2. The van der Waals surface area contributed by atoms with Crippen LogP contribution in [0.25, 0.3) is 0 Å². The second-order valence-electron chi connectivity index (χ2n) is 6.85. The van der Waals surface area contributed by atoms with E-state index in [0.717, 1.165) is 12.8 Å². The maximum atomic E-state index is 9.60. The molecular weight excluding hydrogens is 400 g/mol. The van der Waals surface area contributed by atoms with Gasteiger partial charge in [0.25, 0.3) is 0 Å². The molecule has 2 aliphatic carbocycles. The van der Waals surface area contributed by atoms with E-state index in [1.165, 1.54) is 51.4 Å². The third-order valence-corrected chi connectivity index (χ3v) is 4.66. The molecule has 2 aliphatic rings. The first-order valence-corrected chi connectivity index (χ1v) is 9.72. The van der Waals surface area contributed by atoms with Crippen molar-refractivity contribution in [3.63, 3.8) is 0 Å². The van der Waals surface area contributed by atoms with Gasteiger partial charge in [-0.3, -0.25) is 9.59 Å². The van der Waals surface area contributed by atoms with Gasteiger partial charge in [0.15, 0.2) is 0 Å². The fourth-order valence-corrected chi connectivity index (χ4v) is 3.50. The predicted octanol–water partition coefficient (Wildman–Crippen LogP) is 1.91. The first kappa shape index (κ1) is 28.5. The second-order valence-corrected chi connectivity index (χ2v) is 6.85. The van der Waals surface area contributed by atoms with E-state index >= 15 is 0 Å². The Hall–Kier alpha value is -0.706. The Kier molecular flexibility index (Phi) is 17.2. The van der Waals surface area contributed by atoms with Crippen molar-refractivity contribution in [3.05, 3.63) is 28.3 Å². The maximum absolute atomic E-state index is 9.60. The van der Waals surface area contributed by atoms with E-state index in [9.17, 15) is 9.59 Å². The number of carbonyl (C=O) groups is 2. The fourth-order valence-electron chi connectivity index (χ4n) is 3.50. The monoisotopic (exact) mass is 432 g/mol. The zero-order valence-electron chi connectivity index (χ0n) is 16.7. The molecule has 4 nitrogen and oxygen atoms in total. The number of fused-ring (bicyclic) bond motifs is 3. The van der Waals surface area contributed by atoms with Gasteiger partial charge in [-0.2, -0.15) is 28.3 Å². The number of aryl methyl sites for hydroxylation is 2. The van der Waals surface area contributed by atoms with E-state index in [0.29, 0.717) is 12.8 Å². The van der Waals surface area contributed by atoms with Crippen LogP contribution in [0.2, 0.25) is 0 Å². The molecule has 0 amide bonds. The van der Waals surface area contributed by atoms with Gasteiger partial charge in [-0.1, -0.05) is 65.2 Å². The number of rotatable bonds is 4. The van der Waals surface area contributed by atoms with Crippen LogP contribution in [0, 0.1) is 0 Å². The van der Waals surface area contributed by atoms with Crippen LogP contribution >= 0.6 is 0 Å². The summed E-state index contributed by atoms with van der Waals surface area (Å²) in [5.41, 5.74) is 6.94. The van der Waals surface area contributed by atoms with E-state index in [-0.39, 0.29) is 34.1 Å². The first-order valence-electron chi connectivity index (χ1n) is 9.72. The molecular formula is C21H33ClO4Ti. The van der Waals surface area contributed by atoms with Gasteiger partial charge in [0.05, 0.1) is 0 Å². The smallest absolute Gasteiger partial charge is 1.00 e. The molecule has 1 aromatic rings. The molecule has 0 heterocycles. The van der Waals surface area contributed by atoms with E-state index in [2.05, 4.69) is 6.07 Å². The summed E-state index contributed by atoms with van der Waals surface area (Å²) in [5, 5.41) is 15.8. The van der Waals surface area contributed by atoms with Crippen molar-refractivity contribution < 1.29 is 53.9 Å². The number of carboxylic acid groups (broad SMARTS) is 2. The average molecular weight is 433 g/mol. The molecule has 1 aromatic carbocycles. The van der Waals surface area contributed by atoms with Gasteiger partial charge in [-0.25, -0.2) is 0 Å². The third kappa shape index (κ3) is 11.0. The van der Waals surface area contributed by atoms with Gasteiger partial charge < -0.3 is 22.6 Å². The Labute approximate surface area is 184 Å². The molecule has 152 valence electrons.